The lowest BCUT2D eigenvalue weighted by atomic mass is 10.1. The smallest absolute Gasteiger partial charge is 0.407 e. The molecule has 0 unspecified atom stereocenters. The van der Waals surface area contributed by atoms with E-state index in [-0.39, 0.29) is 12.1 Å². The molecule has 1 fully saturated rings. The molecule has 0 aliphatic carbocycles. The van der Waals surface area contributed by atoms with Crippen LogP contribution in [0.25, 0.3) is 0 Å². The lowest BCUT2D eigenvalue weighted by Crippen LogP contribution is -2.48. The minimum absolute atomic E-state index is 0.147. The summed E-state index contributed by atoms with van der Waals surface area (Å²) in [5.74, 6) is 0.961. The molecule has 2 heterocycles. The van der Waals surface area contributed by atoms with Crippen molar-refractivity contribution < 1.29 is 13.9 Å². The van der Waals surface area contributed by atoms with Gasteiger partial charge in [0.1, 0.15) is 11.4 Å². The Morgan fingerprint density at radius 1 is 1.55 bits per heavy atom. The molecule has 1 saturated heterocycles. The van der Waals surface area contributed by atoms with Gasteiger partial charge in [-0.05, 0) is 52.3 Å². The number of piperidine rings is 1. The van der Waals surface area contributed by atoms with Crippen LogP contribution in [0, 0.1) is 0 Å². The number of furan rings is 1. The second kappa shape index (κ2) is 6.31. The van der Waals surface area contributed by atoms with Gasteiger partial charge in [0.25, 0.3) is 0 Å². The molecule has 1 aliphatic rings. The van der Waals surface area contributed by atoms with Crippen molar-refractivity contribution in [3.8, 4) is 0 Å². The zero-order valence-electron chi connectivity index (χ0n) is 12.5. The highest BCUT2D eigenvalue weighted by atomic mass is 16.6. The number of likely N-dealkylation sites (tertiary alicyclic amines) is 1. The summed E-state index contributed by atoms with van der Waals surface area (Å²) in [4.78, 5) is 14.1. The van der Waals surface area contributed by atoms with E-state index in [0.29, 0.717) is 0 Å². The molecule has 0 aromatic carbocycles. The van der Waals surface area contributed by atoms with Crippen LogP contribution in [-0.4, -0.2) is 35.7 Å². The number of alkyl carbamates (subject to hydrolysis) is 1. The maximum Gasteiger partial charge on any atom is 0.407 e. The Morgan fingerprint density at radius 2 is 2.35 bits per heavy atom. The van der Waals surface area contributed by atoms with Gasteiger partial charge < -0.3 is 14.5 Å². The van der Waals surface area contributed by atoms with Crippen molar-refractivity contribution in [1.29, 1.82) is 0 Å². The second-order valence-corrected chi connectivity index (χ2v) is 6.30. The predicted molar refractivity (Wildman–Crippen MR) is 76.4 cm³/mol. The Hall–Kier alpha value is -1.49. The first-order valence-corrected chi connectivity index (χ1v) is 7.16. The normalized spacial score (nSPS) is 20.6. The standard InChI is InChI=1S/C15H24N2O3/c1-15(2,3)20-14(18)16-12-6-4-8-17(10-12)11-13-7-5-9-19-13/h5,7,9,12H,4,6,8,10-11H2,1-3H3,(H,16,18)/t12-/m1/s1. The summed E-state index contributed by atoms with van der Waals surface area (Å²) in [5.41, 5.74) is -0.452. The zero-order chi connectivity index (χ0) is 14.6. The minimum atomic E-state index is -0.452. The Kier molecular flexibility index (Phi) is 4.70. The fraction of sp³-hybridized carbons (Fsp3) is 0.667. The summed E-state index contributed by atoms with van der Waals surface area (Å²) in [7, 11) is 0. The van der Waals surface area contributed by atoms with Crippen LogP contribution in [0.5, 0.6) is 0 Å². The summed E-state index contributed by atoms with van der Waals surface area (Å²) >= 11 is 0. The van der Waals surface area contributed by atoms with Gasteiger partial charge in [-0.25, -0.2) is 4.79 Å². The second-order valence-electron chi connectivity index (χ2n) is 6.30. The van der Waals surface area contributed by atoms with Gasteiger partial charge in [-0.3, -0.25) is 4.90 Å². The minimum Gasteiger partial charge on any atom is -0.468 e. The number of hydrogen-bond acceptors (Lipinski definition) is 4. The summed E-state index contributed by atoms with van der Waals surface area (Å²) in [5, 5.41) is 2.95. The van der Waals surface area contributed by atoms with Crippen molar-refractivity contribution in [2.75, 3.05) is 13.1 Å². The van der Waals surface area contributed by atoms with Gasteiger partial charge in [-0.2, -0.15) is 0 Å². The van der Waals surface area contributed by atoms with Crippen LogP contribution in [0.3, 0.4) is 0 Å². The molecule has 1 aromatic heterocycles. The molecule has 5 nitrogen and oxygen atoms in total. The Balaban J connectivity index is 1.80. The highest BCUT2D eigenvalue weighted by Gasteiger charge is 2.24. The van der Waals surface area contributed by atoms with Gasteiger partial charge in [0.05, 0.1) is 12.8 Å². The summed E-state index contributed by atoms with van der Waals surface area (Å²) in [6, 6.07) is 4.02. The van der Waals surface area contributed by atoms with E-state index in [1.165, 1.54) is 0 Å². The molecule has 1 N–H and O–H groups in total. The first-order valence-electron chi connectivity index (χ1n) is 7.16. The molecule has 1 aromatic rings. The van der Waals surface area contributed by atoms with Gasteiger partial charge in [0.2, 0.25) is 0 Å². The molecular formula is C15H24N2O3. The van der Waals surface area contributed by atoms with Crippen LogP contribution < -0.4 is 5.32 Å². The fourth-order valence-electron chi connectivity index (χ4n) is 2.41. The number of nitrogens with one attached hydrogen (secondary N) is 1. The third-order valence-corrected chi connectivity index (χ3v) is 3.19. The van der Waals surface area contributed by atoms with Gasteiger partial charge in [0.15, 0.2) is 0 Å². The topological polar surface area (TPSA) is 54.7 Å². The highest BCUT2D eigenvalue weighted by molar-refractivity contribution is 5.68. The lowest BCUT2D eigenvalue weighted by Gasteiger charge is -2.33. The average Bonchev–Trinajstić information content (AvgIpc) is 2.79. The van der Waals surface area contributed by atoms with Crippen molar-refractivity contribution in [1.82, 2.24) is 10.2 Å². The van der Waals surface area contributed by atoms with E-state index < -0.39 is 5.60 Å². The maximum absolute atomic E-state index is 11.8. The SMILES string of the molecule is CC(C)(C)OC(=O)N[C@@H]1CCCN(Cc2ccco2)C1. The molecule has 1 aliphatic heterocycles. The maximum atomic E-state index is 11.8. The molecule has 0 radical (unpaired) electrons. The van der Waals surface area contributed by atoms with Crippen LogP contribution >= 0.6 is 0 Å². The van der Waals surface area contributed by atoms with Crippen LogP contribution in [0.2, 0.25) is 0 Å². The van der Waals surface area contributed by atoms with Crippen LogP contribution in [0.4, 0.5) is 4.79 Å². The predicted octanol–water partition coefficient (Wildman–Crippen LogP) is 2.77. The lowest BCUT2D eigenvalue weighted by molar-refractivity contribution is 0.0468. The van der Waals surface area contributed by atoms with E-state index in [0.717, 1.165) is 38.2 Å². The van der Waals surface area contributed by atoms with E-state index in [1.54, 1.807) is 6.26 Å². The largest absolute Gasteiger partial charge is 0.468 e. The molecule has 20 heavy (non-hydrogen) atoms. The Bertz CT molecular complexity index is 423. The van der Waals surface area contributed by atoms with Crippen molar-refractivity contribution in [3.05, 3.63) is 24.2 Å². The number of carbonyl (C=O) groups excluding carboxylic acids is 1. The van der Waals surface area contributed by atoms with Crippen LogP contribution in [0.1, 0.15) is 39.4 Å². The monoisotopic (exact) mass is 280 g/mol. The van der Waals surface area contributed by atoms with Crippen molar-refractivity contribution in [2.45, 2.75) is 51.8 Å². The van der Waals surface area contributed by atoms with Gasteiger partial charge in [-0.15, -0.1) is 0 Å². The van der Waals surface area contributed by atoms with E-state index in [9.17, 15) is 4.79 Å². The molecule has 1 atom stereocenters. The molecule has 112 valence electrons. The molecule has 0 saturated carbocycles. The fourth-order valence-corrected chi connectivity index (χ4v) is 2.41. The van der Waals surface area contributed by atoms with E-state index in [2.05, 4.69) is 10.2 Å². The van der Waals surface area contributed by atoms with Gasteiger partial charge in [-0.1, -0.05) is 0 Å². The summed E-state index contributed by atoms with van der Waals surface area (Å²) in [6.45, 7) is 8.27. The van der Waals surface area contributed by atoms with Crippen LogP contribution in [-0.2, 0) is 11.3 Å². The number of rotatable bonds is 3. The third-order valence-electron chi connectivity index (χ3n) is 3.19. The third kappa shape index (κ3) is 4.89. The quantitative estimate of drug-likeness (QED) is 0.925. The Morgan fingerprint density at radius 3 is 3.00 bits per heavy atom. The molecule has 1 amide bonds. The molecular weight excluding hydrogens is 256 g/mol. The first kappa shape index (κ1) is 14.9. The molecule has 5 heteroatoms. The van der Waals surface area contributed by atoms with Crippen molar-refractivity contribution in [3.63, 3.8) is 0 Å². The number of ether oxygens (including phenoxy) is 1. The van der Waals surface area contributed by atoms with Crippen molar-refractivity contribution in [2.24, 2.45) is 0 Å². The van der Waals surface area contributed by atoms with Crippen molar-refractivity contribution >= 4 is 6.09 Å². The van der Waals surface area contributed by atoms with Gasteiger partial charge >= 0.3 is 6.09 Å². The first-order chi connectivity index (χ1) is 9.42. The molecule has 0 bridgehead atoms. The molecule has 0 spiro atoms. The Labute approximate surface area is 120 Å². The van der Waals surface area contributed by atoms with Gasteiger partial charge in [0, 0.05) is 12.6 Å². The van der Waals surface area contributed by atoms with E-state index in [4.69, 9.17) is 9.15 Å². The van der Waals surface area contributed by atoms with E-state index >= 15 is 0 Å². The summed E-state index contributed by atoms with van der Waals surface area (Å²) in [6.07, 6.45) is 3.42. The number of amides is 1. The number of nitrogens with zero attached hydrogens (tertiary/aromatic N) is 1. The molecule has 2 rings (SSSR count). The van der Waals surface area contributed by atoms with E-state index in [1.807, 2.05) is 32.9 Å². The average molecular weight is 280 g/mol. The number of carbonyl (C=O) groups is 1. The number of hydrogen-bond donors (Lipinski definition) is 1. The summed E-state index contributed by atoms with van der Waals surface area (Å²) < 4.78 is 10.7. The zero-order valence-corrected chi connectivity index (χ0v) is 12.5. The highest BCUT2D eigenvalue weighted by Crippen LogP contribution is 2.15. The van der Waals surface area contributed by atoms with Crippen LogP contribution in [0.15, 0.2) is 22.8 Å².